The molecule has 0 aliphatic carbocycles. The van der Waals surface area contributed by atoms with Crippen molar-refractivity contribution in [2.45, 2.75) is 18.8 Å². The Morgan fingerprint density at radius 3 is 2.80 bits per heavy atom. The molecule has 0 spiro atoms. The maximum atomic E-state index is 11.6. The molecule has 2 rings (SSSR count). The average molecular weight is 224 g/mol. The zero-order valence-electron chi connectivity index (χ0n) is 8.74. The Morgan fingerprint density at radius 1 is 1.40 bits per heavy atom. The molecular weight excluding hydrogens is 210 g/mol. The monoisotopic (exact) mass is 223 g/mol. The Labute approximate surface area is 94.8 Å². The van der Waals surface area contributed by atoms with Crippen LogP contribution in [0.3, 0.4) is 0 Å². The molecule has 0 radical (unpaired) electrons. The van der Waals surface area contributed by atoms with Gasteiger partial charge in [0.2, 0.25) is 5.91 Å². The van der Waals surface area contributed by atoms with Gasteiger partial charge >= 0.3 is 0 Å². The van der Waals surface area contributed by atoms with Crippen molar-refractivity contribution in [1.82, 2.24) is 4.90 Å². The zero-order valence-corrected chi connectivity index (χ0v) is 9.50. The standard InChI is InChI=1S/C12H14ClNO/c1-14-7-6-9(8-12(14)15)10-4-2-3-5-11(10)13/h2-5,9H,6-8H2,1H3. The van der Waals surface area contributed by atoms with Gasteiger partial charge in [-0.3, -0.25) is 4.79 Å². The molecular formula is C12H14ClNO. The minimum atomic E-state index is 0.214. The van der Waals surface area contributed by atoms with E-state index in [-0.39, 0.29) is 5.91 Å². The van der Waals surface area contributed by atoms with Gasteiger partial charge in [-0.15, -0.1) is 0 Å². The van der Waals surface area contributed by atoms with Gasteiger partial charge in [0, 0.05) is 25.0 Å². The van der Waals surface area contributed by atoms with Gasteiger partial charge in [-0.1, -0.05) is 29.8 Å². The molecule has 1 heterocycles. The SMILES string of the molecule is CN1CCC(c2ccccc2Cl)CC1=O. The first kappa shape index (κ1) is 10.5. The maximum absolute atomic E-state index is 11.6. The number of likely N-dealkylation sites (tertiary alicyclic amines) is 1. The molecule has 1 aliphatic heterocycles. The third-order valence-electron chi connectivity index (χ3n) is 3.00. The van der Waals surface area contributed by atoms with Crippen LogP contribution in [0.15, 0.2) is 24.3 Å². The summed E-state index contributed by atoms with van der Waals surface area (Å²) in [6, 6.07) is 7.80. The average Bonchev–Trinajstić information content (AvgIpc) is 2.23. The first-order valence-electron chi connectivity index (χ1n) is 5.17. The quantitative estimate of drug-likeness (QED) is 0.717. The molecule has 1 atom stereocenters. The molecule has 0 aromatic heterocycles. The Balaban J connectivity index is 2.19. The highest BCUT2D eigenvalue weighted by atomic mass is 35.5. The van der Waals surface area contributed by atoms with Crippen molar-refractivity contribution in [3.05, 3.63) is 34.9 Å². The highest BCUT2D eigenvalue weighted by molar-refractivity contribution is 6.31. The molecule has 0 bridgehead atoms. The molecule has 80 valence electrons. The number of amides is 1. The lowest BCUT2D eigenvalue weighted by molar-refractivity contribution is -0.132. The van der Waals surface area contributed by atoms with Gasteiger partial charge < -0.3 is 4.90 Å². The Bertz CT molecular complexity index is 378. The third kappa shape index (κ3) is 2.15. The van der Waals surface area contributed by atoms with E-state index >= 15 is 0 Å². The second-order valence-corrected chi connectivity index (χ2v) is 4.43. The van der Waals surface area contributed by atoms with Crippen LogP contribution in [0.5, 0.6) is 0 Å². The van der Waals surface area contributed by atoms with Crippen LogP contribution >= 0.6 is 11.6 Å². The van der Waals surface area contributed by atoms with Crippen LogP contribution < -0.4 is 0 Å². The summed E-state index contributed by atoms with van der Waals surface area (Å²) in [7, 11) is 1.85. The normalized spacial score (nSPS) is 21.9. The topological polar surface area (TPSA) is 20.3 Å². The summed E-state index contributed by atoms with van der Waals surface area (Å²) in [5.41, 5.74) is 1.11. The Hall–Kier alpha value is -1.02. The highest BCUT2D eigenvalue weighted by Crippen LogP contribution is 2.32. The first-order valence-corrected chi connectivity index (χ1v) is 5.54. The molecule has 1 fully saturated rings. The van der Waals surface area contributed by atoms with Gasteiger partial charge in [0.1, 0.15) is 0 Å². The minimum absolute atomic E-state index is 0.214. The van der Waals surface area contributed by atoms with Gasteiger partial charge in [0.25, 0.3) is 0 Å². The van der Waals surface area contributed by atoms with E-state index in [0.29, 0.717) is 12.3 Å². The predicted octanol–water partition coefficient (Wildman–Crippen LogP) is 2.68. The number of piperidine rings is 1. The van der Waals surface area contributed by atoms with Gasteiger partial charge in [0.05, 0.1) is 0 Å². The fourth-order valence-corrected chi connectivity index (χ4v) is 2.30. The fraction of sp³-hybridized carbons (Fsp3) is 0.417. The summed E-state index contributed by atoms with van der Waals surface area (Å²) in [6.45, 7) is 0.828. The molecule has 1 unspecified atom stereocenters. The van der Waals surface area contributed by atoms with Gasteiger partial charge in [-0.25, -0.2) is 0 Å². The molecule has 1 saturated heterocycles. The van der Waals surface area contributed by atoms with Crippen LogP contribution in [0, 0.1) is 0 Å². The van der Waals surface area contributed by atoms with E-state index in [4.69, 9.17) is 11.6 Å². The van der Waals surface area contributed by atoms with E-state index in [0.717, 1.165) is 23.6 Å². The molecule has 2 nitrogen and oxygen atoms in total. The number of carbonyl (C=O) groups excluding carboxylic acids is 1. The van der Waals surface area contributed by atoms with Crippen LogP contribution in [0.1, 0.15) is 24.3 Å². The van der Waals surface area contributed by atoms with Crippen LogP contribution in [-0.4, -0.2) is 24.4 Å². The van der Waals surface area contributed by atoms with Crippen molar-refractivity contribution >= 4 is 17.5 Å². The number of rotatable bonds is 1. The number of halogens is 1. The Morgan fingerprint density at radius 2 is 2.13 bits per heavy atom. The lowest BCUT2D eigenvalue weighted by Crippen LogP contribution is -2.34. The van der Waals surface area contributed by atoms with Crippen LogP contribution in [-0.2, 0) is 4.79 Å². The second kappa shape index (κ2) is 4.23. The zero-order chi connectivity index (χ0) is 10.8. The van der Waals surface area contributed by atoms with E-state index in [1.807, 2.05) is 31.3 Å². The number of carbonyl (C=O) groups is 1. The number of benzene rings is 1. The van der Waals surface area contributed by atoms with Crippen LogP contribution in [0.4, 0.5) is 0 Å². The van der Waals surface area contributed by atoms with Crippen molar-refractivity contribution in [2.24, 2.45) is 0 Å². The molecule has 1 aliphatic rings. The summed E-state index contributed by atoms with van der Waals surface area (Å²) >= 11 is 6.12. The predicted molar refractivity (Wildman–Crippen MR) is 61.1 cm³/mol. The van der Waals surface area contributed by atoms with Crippen molar-refractivity contribution in [3.8, 4) is 0 Å². The number of nitrogens with zero attached hydrogens (tertiary/aromatic N) is 1. The van der Waals surface area contributed by atoms with E-state index in [1.54, 1.807) is 4.90 Å². The van der Waals surface area contributed by atoms with Gasteiger partial charge in [-0.2, -0.15) is 0 Å². The van der Waals surface area contributed by atoms with Gasteiger partial charge in [0.15, 0.2) is 0 Å². The molecule has 1 aromatic carbocycles. The summed E-state index contributed by atoms with van der Waals surface area (Å²) in [5.74, 6) is 0.508. The van der Waals surface area contributed by atoms with E-state index in [9.17, 15) is 4.79 Å². The summed E-state index contributed by atoms with van der Waals surface area (Å²) < 4.78 is 0. The molecule has 15 heavy (non-hydrogen) atoms. The second-order valence-electron chi connectivity index (χ2n) is 4.03. The highest BCUT2D eigenvalue weighted by Gasteiger charge is 2.25. The summed E-state index contributed by atoms with van der Waals surface area (Å²) in [6.07, 6.45) is 1.59. The summed E-state index contributed by atoms with van der Waals surface area (Å²) in [4.78, 5) is 13.4. The van der Waals surface area contributed by atoms with Crippen LogP contribution in [0.25, 0.3) is 0 Å². The van der Waals surface area contributed by atoms with E-state index in [1.165, 1.54) is 0 Å². The number of hydrogen-bond acceptors (Lipinski definition) is 1. The molecule has 1 aromatic rings. The molecule has 0 saturated carbocycles. The van der Waals surface area contributed by atoms with E-state index < -0.39 is 0 Å². The minimum Gasteiger partial charge on any atom is -0.346 e. The van der Waals surface area contributed by atoms with Gasteiger partial charge in [-0.05, 0) is 24.0 Å². The van der Waals surface area contributed by atoms with Crippen molar-refractivity contribution in [1.29, 1.82) is 0 Å². The smallest absolute Gasteiger partial charge is 0.222 e. The van der Waals surface area contributed by atoms with Crippen molar-refractivity contribution in [3.63, 3.8) is 0 Å². The van der Waals surface area contributed by atoms with E-state index in [2.05, 4.69) is 0 Å². The largest absolute Gasteiger partial charge is 0.346 e. The lowest BCUT2D eigenvalue weighted by Gasteiger charge is -2.29. The molecule has 1 amide bonds. The van der Waals surface area contributed by atoms with Crippen molar-refractivity contribution < 1.29 is 4.79 Å². The lowest BCUT2D eigenvalue weighted by atomic mass is 9.89. The molecule has 3 heteroatoms. The fourth-order valence-electron chi connectivity index (χ4n) is 2.01. The number of hydrogen-bond donors (Lipinski definition) is 0. The maximum Gasteiger partial charge on any atom is 0.222 e. The molecule has 0 N–H and O–H groups in total. The Kier molecular flexibility index (Phi) is 2.96. The first-order chi connectivity index (χ1) is 7.18. The third-order valence-corrected chi connectivity index (χ3v) is 3.35. The van der Waals surface area contributed by atoms with Crippen LogP contribution in [0.2, 0.25) is 5.02 Å². The van der Waals surface area contributed by atoms with Crippen molar-refractivity contribution in [2.75, 3.05) is 13.6 Å². The summed E-state index contributed by atoms with van der Waals surface area (Å²) in [5, 5.41) is 0.778.